The average Bonchev–Trinajstić information content (AvgIpc) is 1.49. The maximum Gasteiger partial charge on any atom is -0.00868 e. The van der Waals surface area contributed by atoms with Crippen LogP contribution in [0.5, 0.6) is 0 Å². The molecule has 0 fully saturated rings. The summed E-state index contributed by atoms with van der Waals surface area (Å²) in [7, 11) is -0.284. The lowest BCUT2D eigenvalue weighted by molar-refractivity contribution is 0.461. The molecule has 0 aliphatic rings. The predicted molar refractivity (Wildman–Crippen MR) is 61.4 cm³/mol. The first-order valence-electron chi connectivity index (χ1n) is 4.51. The van der Waals surface area contributed by atoms with E-state index >= 15 is 0 Å². The molecule has 0 aromatic rings. The maximum atomic E-state index is 6.31. The van der Waals surface area contributed by atoms with E-state index < -0.39 is 0 Å². The Balaban J connectivity index is 3.83. The third kappa shape index (κ3) is 8.81. The molecular weight excluding hydrogens is 187 g/mol. The van der Waals surface area contributed by atoms with Gasteiger partial charge in [0, 0.05) is 0 Å². The van der Waals surface area contributed by atoms with E-state index in [2.05, 4.69) is 41.5 Å². The average molecular weight is 209 g/mol. The van der Waals surface area contributed by atoms with Gasteiger partial charge in [-0.3, -0.25) is 0 Å². The molecule has 0 bridgehead atoms. The van der Waals surface area contributed by atoms with Gasteiger partial charge in [0.05, 0.1) is 0 Å². The molecule has 0 nitrogen and oxygen atoms in total. The van der Waals surface area contributed by atoms with Crippen LogP contribution in [0.4, 0.5) is 0 Å². The fraction of sp³-hybridized carbons (Fsp3) is 1.00. The van der Waals surface area contributed by atoms with Gasteiger partial charge < -0.3 is 0 Å². The fourth-order valence-electron chi connectivity index (χ4n) is 1.09. The normalized spacial score (nSPS) is 14.0. The molecule has 0 saturated heterocycles. The van der Waals surface area contributed by atoms with Crippen molar-refractivity contribution in [2.45, 2.75) is 41.5 Å². The molecule has 0 aromatic heterocycles. The van der Waals surface area contributed by atoms with Gasteiger partial charge in [-0.05, 0) is 30.4 Å². The summed E-state index contributed by atoms with van der Waals surface area (Å²) in [5.74, 6) is 0. The quantitative estimate of drug-likeness (QED) is 0.577. The Morgan fingerprint density at radius 1 is 0.833 bits per heavy atom. The highest BCUT2D eigenvalue weighted by atomic mass is 35.7. The lowest BCUT2D eigenvalue weighted by Crippen LogP contribution is -2.15. The molecule has 0 N–H and O–H groups in total. The zero-order chi connectivity index (χ0) is 9.99. The second-order valence-electron chi connectivity index (χ2n) is 5.90. The first-order valence-corrected chi connectivity index (χ1v) is 7.13. The number of rotatable bonds is 2. The molecule has 0 aliphatic carbocycles. The highest BCUT2D eigenvalue weighted by Gasteiger charge is 2.21. The minimum Gasteiger partial charge on any atom is -0.0964 e. The summed E-state index contributed by atoms with van der Waals surface area (Å²) >= 11 is 6.31. The van der Waals surface area contributed by atoms with E-state index in [9.17, 15) is 0 Å². The molecule has 74 valence electrons. The van der Waals surface area contributed by atoms with E-state index in [0.29, 0.717) is 10.8 Å². The monoisotopic (exact) mass is 208 g/mol. The van der Waals surface area contributed by atoms with Crippen molar-refractivity contribution in [3.05, 3.63) is 0 Å². The minimum absolute atomic E-state index is 0.284. The molecule has 0 atom stereocenters. The predicted octanol–water partition coefficient (Wildman–Crippen LogP) is 4.71. The van der Waals surface area contributed by atoms with Gasteiger partial charge in [-0.2, -0.15) is 0 Å². The molecule has 2 heteroatoms. The van der Waals surface area contributed by atoms with Crippen molar-refractivity contribution in [2.24, 2.45) is 10.8 Å². The van der Waals surface area contributed by atoms with E-state index in [0.717, 1.165) is 0 Å². The van der Waals surface area contributed by atoms with E-state index in [4.69, 9.17) is 11.2 Å². The van der Waals surface area contributed by atoms with Gasteiger partial charge in [-0.15, -0.1) is 0 Å². The second kappa shape index (κ2) is 4.29. The van der Waals surface area contributed by atoms with Crippen molar-refractivity contribution in [3.8, 4) is 0 Å². The summed E-state index contributed by atoms with van der Waals surface area (Å²) < 4.78 is 0. The van der Waals surface area contributed by atoms with Crippen LogP contribution in [0, 0.1) is 10.8 Å². The van der Waals surface area contributed by atoms with Crippen molar-refractivity contribution in [2.75, 3.05) is 12.3 Å². The highest BCUT2D eigenvalue weighted by Crippen LogP contribution is 2.49. The molecular formula is C10H22ClP. The van der Waals surface area contributed by atoms with Gasteiger partial charge in [0.2, 0.25) is 0 Å². The standard InChI is InChI=1S/C10H22ClP/c1-9(2,3)7-12(11)8-10(4,5)6/h7-8H2,1-6H3. The summed E-state index contributed by atoms with van der Waals surface area (Å²) in [5.41, 5.74) is 0.775. The van der Waals surface area contributed by atoms with Crippen molar-refractivity contribution in [3.63, 3.8) is 0 Å². The Bertz CT molecular complexity index is 114. The van der Waals surface area contributed by atoms with Crippen LogP contribution < -0.4 is 0 Å². The molecule has 0 amide bonds. The molecule has 0 radical (unpaired) electrons. The highest BCUT2D eigenvalue weighted by molar-refractivity contribution is 7.84. The summed E-state index contributed by atoms with van der Waals surface area (Å²) in [5, 5.41) is 0. The van der Waals surface area contributed by atoms with Crippen LogP contribution in [-0.2, 0) is 0 Å². The summed E-state index contributed by atoms with van der Waals surface area (Å²) in [6.45, 7) is 13.5. The van der Waals surface area contributed by atoms with Crippen molar-refractivity contribution in [1.29, 1.82) is 0 Å². The van der Waals surface area contributed by atoms with Gasteiger partial charge in [-0.25, -0.2) is 0 Å². The molecule has 0 aromatic carbocycles. The topological polar surface area (TPSA) is 0 Å². The largest absolute Gasteiger partial charge is 0.0964 e. The molecule has 0 saturated carbocycles. The molecule has 12 heavy (non-hydrogen) atoms. The Morgan fingerprint density at radius 2 is 1.08 bits per heavy atom. The van der Waals surface area contributed by atoms with Crippen molar-refractivity contribution in [1.82, 2.24) is 0 Å². The van der Waals surface area contributed by atoms with E-state index in [1.807, 2.05) is 0 Å². The summed E-state index contributed by atoms with van der Waals surface area (Å²) in [6, 6.07) is 0. The molecule has 0 spiro atoms. The van der Waals surface area contributed by atoms with E-state index in [1.165, 1.54) is 12.3 Å². The van der Waals surface area contributed by atoms with Crippen molar-refractivity contribution < 1.29 is 0 Å². The van der Waals surface area contributed by atoms with Gasteiger partial charge >= 0.3 is 0 Å². The van der Waals surface area contributed by atoms with Gasteiger partial charge in [-0.1, -0.05) is 52.8 Å². The van der Waals surface area contributed by atoms with Crippen LogP contribution in [0.1, 0.15) is 41.5 Å². The van der Waals surface area contributed by atoms with Crippen LogP contribution in [0.25, 0.3) is 0 Å². The van der Waals surface area contributed by atoms with Gasteiger partial charge in [0.15, 0.2) is 0 Å². The number of hydrogen-bond acceptors (Lipinski definition) is 0. The Morgan fingerprint density at radius 3 is 1.25 bits per heavy atom. The summed E-state index contributed by atoms with van der Waals surface area (Å²) in [6.07, 6.45) is 2.34. The zero-order valence-electron chi connectivity index (χ0n) is 9.24. The van der Waals surface area contributed by atoms with Crippen LogP contribution in [0.3, 0.4) is 0 Å². The third-order valence-corrected chi connectivity index (χ3v) is 4.59. The lowest BCUT2D eigenvalue weighted by atomic mass is 10.0. The van der Waals surface area contributed by atoms with E-state index in [-0.39, 0.29) is 7.27 Å². The Labute approximate surface area is 83.6 Å². The first-order chi connectivity index (χ1) is 5.10. The number of hydrogen-bond donors (Lipinski definition) is 0. The van der Waals surface area contributed by atoms with Crippen molar-refractivity contribution >= 4 is 18.5 Å². The van der Waals surface area contributed by atoms with Crippen LogP contribution in [-0.4, -0.2) is 12.3 Å². The van der Waals surface area contributed by atoms with Gasteiger partial charge in [0.1, 0.15) is 0 Å². The van der Waals surface area contributed by atoms with Crippen LogP contribution >= 0.6 is 18.5 Å². The minimum atomic E-state index is -0.284. The fourth-order valence-corrected chi connectivity index (χ4v) is 5.41. The Hall–Kier alpha value is 0.720. The number of halogens is 1. The molecule has 0 heterocycles. The van der Waals surface area contributed by atoms with Crippen LogP contribution in [0.15, 0.2) is 0 Å². The molecule has 0 rings (SSSR count). The SMILES string of the molecule is CC(C)(C)CP(Cl)CC(C)(C)C. The molecule has 0 unspecified atom stereocenters. The Kier molecular flexibility index (Phi) is 4.55. The summed E-state index contributed by atoms with van der Waals surface area (Å²) in [4.78, 5) is 0. The van der Waals surface area contributed by atoms with Crippen LogP contribution in [0.2, 0.25) is 0 Å². The maximum absolute atomic E-state index is 6.31. The van der Waals surface area contributed by atoms with Gasteiger partial charge in [0.25, 0.3) is 0 Å². The smallest absolute Gasteiger partial charge is 0.00868 e. The second-order valence-corrected chi connectivity index (χ2v) is 8.89. The van der Waals surface area contributed by atoms with E-state index in [1.54, 1.807) is 0 Å². The first kappa shape index (κ1) is 12.7. The lowest BCUT2D eigenvalue weighted by Gasteiger charge is -2.27. The third-order valence-electron chi connectivity index (χ3n) is 1.29. The molecule has 0 aliphatic heterocycles. The zero-order valence-corrected chi connectivity index (χ0v) is 10.9.